The molecular weight excluding hydrogens is 543 g/mol. The van der Waals surface area contributed by atoms with E-state index in [0.29, 0.717) is 0 Å². The lowest BCUT2D eigenvalue weighted by Crippen LogP contribution is -2.74. The number of alkyl halides is 17. The minimum Gasteiger partial charge on any atom is -0.481 e. The number of carboxylic acid groups (broad SMARTS) is 2. The van der Waals surface area contributed by atoms with Crippen LogP contribution in [0.15, 0.2) is 0 Å². The standard InChI is InChI=1S/C13H7F17O4/c14-6(15,2-1-3(4(31)32)5(33)34)7(16,17)8(18,19)9(20,21)10(22,23)11(24,25)12(26,27)13(28,29)30/h3H,1-2H2,(H,31,32)(H,33,34). The van der Waals surface area contributed by atoms with Crippen LogP contribution in [0.5, 0.6) is 0 Å². The second-order valence-electron chi connectivity index (χ2n) is 6.42. The molecule has 0 rings (SSSR count). The molecule has 4 nitrogen and oxygen atoms in total. The Morgan fingerprint density at radius 3 is 1.03 bits per heavy atom. The number of halogens is 17. The first-order valence-corrected chi connectivity index (χ1v) is 7.66. The van der Waals surface area contributed by atoms with Gasteiger partial charge in [0.15, 0.2) is 5.92 Å². The largest absolute Gasteiger partial charge is 0.481 e. The van der Waals surface area contributed by atoms with Gasteiger partial charge in [-0.15, -0.1) is 0 Å². The van der Waals surface area contributed by atoms with Crippen LogP contribution in [0, 0.1) is 5.92 Å². The smallest absolute Gasteiger partial charge is 0.460 e. The topological polar surface area (TPSA) is 74.6 Å². The van der Waals surface area contributed by atoms with Crippen molar-refractivity contribution in [2.24, 2.45) is 5.92 Å². The van der Waals surface area contributed by atoms with Gasteiger partial charge in [0.2, 0.25) is 0 Å². The zero-order chi connectivity index (χ0) is 28.1. The fourth-order valence-electron chi connectivity index (χ4n) is 2.03. The van der Waals surface area contributed by atoms with Crippen molar-refractivity contribution in [2.45, 2.75) is 60.5 Å². The Morgan fingerprint density at radius 2 is 0.765 bits per heavy atom. The van der Waals surface area contributed by atoms with Crippen LogP contribution < -0.4 is 0 Å². The minimum absolute atomic E-state index is 2.28. The average molecular weight is 550 g/mol. The van der Waals surface area contributed by atoms with Crippen molar-refractivity contribution in [3.05, 3.63) is 0 Å². The molecule has 0 unspecified atom stereocenters. The third kappa shape index (κ3) is 4.40. The highest BCUT2D eigenvalue weighted by Crippen LogP contribution is 2.64. The fraction of sp³-hybridized carbons (Fsp3) is 0.846. The van der Waals surface area contributed by atoms with Crippen molar-refractivity contribution in [3.63, 3.8) is 0 Å². The van der Waals surface area contributed by atoms with Gasteiger partial charge >= 0.3 is 59.6 Å². The molecule has 0 aromatic rings. The van der Waals surface area contributed by atoms with E-state index in [0.717, 1.165) is 0 Å². The minimum atomic E-state index is -8.77. The molecule has 0 heterocycles. The maximum absolute atomic E-state index is 13.5. The molecule has 0 aliphatic rings. The number of carboxylic acids is 2. The molecule has 0 amide bonds. The summed E-state index contributed by atoms with van der Waals surface area (Å²) in [5.74, 6) is -66.0. The van der Waals surface area contributed by atoms with E-state index in [-0.39, 0.29) is 0 Å². The summed E-state index contributed by atoms with van der Waals surface area (Å²) in [6.45, 7) is 0. The molecule has 0 radical (unpaired) electrons. The number of rotatable bonds is 11. The zero-order valence-electron chi connectivity index (χ0n) is 15.1. The highest BCUT2D eigenvalue weighted by atomic mass is 19.4. The van der Waals surface area contributed by atoms with Gasteiger partial charge in [-0.25, -0.2) is 0 Å². The summed E-state index contributed by atoms with van der Waals surface area (Å²) in [6, 6.07) is 0. The van der Waals surface area contributed by atoms with E-state index in [1.54, 1.807) is 0 Å². The molecule has 2 N–H and O–H groups in total. The van der Waals surface area contributed by atoms with E-state index in [1.165, 1.54) is 0 Å². The van der Waals surface area contributed by atoms with E-state index in [4.69, 9.17) is 10.2 Å². The molecule has 0 saturated heterocycles. The van der Waals surface area contributed by atoms with Crippen molar-refractivity contribution in [2.75, 3.05) is 0 Å². The third-order valence-corrected chi connectivity index (χ3v) is 4.13. The van der Waals surface area contributed by atoms with Gasteiger partial charge in [0.25, 0.3) is 0 Å². The van der Waals surface area contributed by atoms with Crippen LogP contribution in [0.2, 0.25) is 0 Å². The van der Waals surface area contributed by atoms with Crippen molar-refractivity contribution < 1.29 is 94.4 Å². The van der Waals surface area contributed by atoms with Gasteiger partial charge in [-0.05, 0) is 6.42 Å². The van der Waals surface area contributed by atoms with Crippen molar-refractivity contribution in [1.29, 1.82) is 0 Å². The van der Waals surface area contributed by atoms with Crippen LogP contribution in [0.25, 0.3) is 0 Å². The monoisotopic (exact) mass is 550 g/mol. The predicted octanol–water partition coefficient (Wildman–Crippen LogP) is 5.56. The quantitative estimate of drug-likeness (QED) is 0.261. The van der Waals surface area contributed by atoms with Crippen molar-refractivity contribution >= 4 is 11.9 Å². The Kier molecular flexibility index (Phi) is 7.89. The van der Waals surface area contributed by atoms with Crippen LogP contribution in [0.3, 0.4) is 0 Å². The fourth-order valence-corrected chi connectivity index (χ4v) is 2.03. The summed E-state index contributed by atoms with van der Waals surface area (Å²) in [5.41, 5.74) is 0. The van der Waals surface area contributed by atoms with E-state index < -0.39 is 78.3 Å². The van der Waals surface area contributed by atoms with Crippen molar-refractivity contribution in [3.8, 4) is 0 Å². The Labute approximate surface area is 174 Å². The van der Waals surface area contributed by atoms with E-state index in [1.807, 2.05) is 0 Å². The molecule has 0 spiro atoms. The maximum atomic E-state index is 13.5. The van der Waals surface area contributed by atoms with E-state index in [9.17, 15) is 84.2 Å². The molecule has 202 valence electrons. The van der Waals surface area contributed by atoms with Gasteiger partial charge in [0.05, 0.1) is 0 Å². The first kappa shape index (κ1) is 31.8. The molecule has 0 aliphatic heterocycles. The van der Waals surface area contributed by atoms with Gasteiger partial charge in [-0.2, -0.15) is 74.6 Å². The van der Waals surface area contributed by atoms with Gasteiger partial charge in [0.1, 0.15) is 0 Å². The lowest BCUT2D eigenvalue weighted by Gasteiger charge is -2.42. The molecular formula is C13H7F17O4. The van der Waals surface area contributed by atoms with Crippen LogP contribution in [-0.2, 0) is 9.59 Å². The first-order valence-electron chi connectivity index (χ1n) is 7.66. The summed E-state index contributed by atoms with van der Waals surface area (Å²) in [7, 11) is 0. The molecule has 0 aromatic carbocycles. The Morgan fingerprint density at radius 1 is 0.500 bits per heavy atom. The number of hydrogen-bond donors (Lipinski definition) is 2. The molecule has 0 fully saturated rings. The lowest BCUT2D eigenvalue weighted by molar-refractivity contribution is -0.461. The second-order valence-corrected chi connectivity index (χ2v) is 6.42. The molecule has 0 aliphatic carbocycles. The molecule has 0 atom stereocenters. The molecule has 0 aromatic heterocycles. The third-order valence-electron chi connectivity index (χ3n) is 4.13. The average Bonchev–Trinajstić information content (AvgIpc) is 2.58. The van der Waals surface area contributed by atoms with E-state index >= 15 is 0 Å². The second kappa shape index (κ2) is 8.45. The number of aliphatic carboxylic acids is 2. The van der Waals surface area contributed by atoms with Crippen LogP contribution in [-0.4, -0.2) is 69.8 Å². The van der Waals surface area contributed by atoms with Crippen LogP contribution >= 0.6 is 0 Å². The molecule has 21 heteroatoms. The summed E-state index contributed by atoms with van der Waals surface area (Å²) in [4.78, 5) is 20.9. The SMILES string of the molecule is O=C(O)C(CCC(F)(F)C(F)(F)C(F)(F)C(F)(F)C(F)(F)C(F)(F)C(F)(F)C(F)(F)F)C(=O)O. The predicted molar refractivity (Wildman–Crippen MR) is 68.7 cm³/mol. The van der Waals surface area contributed by atoms with Crippen LogP contribution in [0.4, 0.5) is 74.6 Å². The van der Waals surface area contributed by atoms with Gasteiger partial charge in [0, 0.05) is 6.42 Å². The molecule has 34 heavy (non-hydrogen) atoms. The Balaban J connectivity index is 6.55. The Hall–Kier alpha value is -2.25. The summed E-state index contributed by atoms with van der Waals surface area (Å²) >= 11 is 0. The summed E-state index contributed by atoms with van der Waals surface area (Å²) in [5, 5.41) is 16.7. The maximum Gasteiger partial charge on any atom is 0.460 e. The van der Waals surface area contributed by atoms with E-state index in [2.05, 4.69) is 0 Å². The Bertz CT molecular complexity index is 771. The lowest BCUT2D eigenvalue weighted by atomic mass is 9.87. The highest BCUT2D eigenvalue weighted by molar-refractivity contribution is 5.92. The highest BCUT2D eigenvalue weighted by Gasteiger charge is 2.95. The van der Waals surface area contributed by atoms with Gasteiger partial charge in [-0.1, -0.05) is 0 Å². The van der Waals surface area contributed by atoms with Crippen molar-refractivity contribution in [1.82, 2.24) is 0 Å². The van der Waals surface area contributed by atoms with Gasteiger partial charge < -0.3 is 10.2 Å². The molecule has 0 bridgehead atoms. The normalized spacial score (nSPS) is 15.6. The number of carbonyl (C=O) groups is 2. The van der Waals surface area contributed by atoms with Gasteiger partial charge in [-0.3, -0.25) is 9.59 Å². The molecule has 0 saturated carbocycles. The van der Waals surface area contributed by atoms with Crippen LogP contribution in [0.1, 0.15) is 12.8 Å². The summed E-state index contributed by atoms with van der Waals surface area (Å²) < 4.78 is 221. The first-order chi connectivity index (χ1) is 14.5. The number of hydrogen-bond acceptors (Lipinski definition) is 2. The summed E-state index contributed by atoms with van der Waals surface area (Å²) in [6.07, 6.45) is -13.3. The zero-order valence-corrected chi connectivity index (χ0v) is 15.1.